The molecule has 0 radical (unpaired) electrons. The van der Waals surface area contributed by atoms with Crippen LogP contribution in [0.25, 0.3) is 0 Å². The van der Waals surface area contributed by atoms with Crippen LogP contribution in [-0.4, -0.2) is 33.1 Å². The number of aryl methyl sites for hydroxylation is 2. The third-order valence-electron chi connectivity index (χ3n) is 4.50. The Balaban J connectivity index is 1.43. The van der Waals surface area contributed by atoms with E-state index in [2.05, 4.69) is 20.7 Å². The summed E-state index contributed by atoms with van der Waals surface area (Å²) in [5.41, 5.74) is 4.81. The molecule has 1 heterocycles. The van der Waals surface area contributed by atoms with Crippen molar-refractivity contribution in [2.75, 3.05) is 6.54 Å². The van der Waals surface area contributed by atoms with Gasteiger partial charge in [0.05, 0.1) is 13.1 Å². The molecule has 144 valence electrons. The first kappa shape index (κ1) is 19.3. The largest absolute Gasteiger partial charge is 0.350 e. The van der Waals surface area contributed by atoms with E-state index in [0.29, 0.717) is 18.7 Å². The lowest BCUT2D eigenvalue weighted by Gasteiger charge is -2.09. The molecule has 0 unspecified atom stereocenters. The van der Waals surface area contributed by atoms with Crippen LogP contribution >= 0.6 is 0 Å². The summed E-state index contributed by atoms with van der Waals surface area (Å²) in [6, 6.07) is 13.4. The minimum absolute atomic E-state index is 0.0594. The van der Waals surface area contributed by atoms with Crippen molar-refractivity contribution in [2.45, 2.75) is 26.9 Å². The van der Waals surface area contributed by atoms with Crippen molar-refractivity contribution in [3.05, 3.63) is 82.9 Å². The van der Waals surface area contributed by atoms with Crippen LogP contribution < -0.4 is 10.6 Å². The van der Waals surface area contributed by atoms with Gasteiger partial charge in [-0.05, 0) is 48.2 Å². The van der Waals surface area contributed by atoms with E-state index in [4.69, 9.17) is 0 Å². The summed E-state index contributed by atoms with van der Waals surface area (Å²) in [6.45, 7) is 4.94. The third-order valence-corrected chi connectivity index (χ3v) is 4.50. The first-order valence-electron chi connectivity index (χ1n) is 9.03. The van der Waals surface area contributed by atoms with Crippen LogP contribution in [0.15, 0.2) is 55.1 Å². The summed E-state index contributed by atoms with van der Waals surface area (Å²) in [6.07, 6.45) is 3.17. The van der Waals surface area contributed by atoms with Gasteiger partial charge >= 0.3 is 0 Å². The number of amides is 2. The normalized spacial score (nSPS) is 10.5. The van der Waals surface area contributed by atoms with Gasteiger partial charge in [-0.3, -0.25) is 9.59 Å². The van der Waals surface area contributed by atoms with Crippen LogP contribution in [0.4, 0.5) is 0 Å². The molecule has 28 heavy (non-hydrogen) atoms. The third kappa shape index (κ3) is 5.26. The van der Waals surface area contributed by atoms with Gasteiger partial charge in [-0.25, -0.2) is 9.67 Å². The Labute approximate surface area is 163 Å². The minimum atomic E-state index is -0.254. The van der Waals surface area contributed by atoms with Crippen LogP contribution in [0.3, 0.4) is 0 Å². The lowest BCUT2D eigenvalue weighted by molar-refractivity contribution is -0.120. The molecule has 0 spiro atoms. The second kappa shape index (κ2) is 8.94. The zero-order chi connectivity index (χ0) is 19.9. The van der Waals surface area contributed by atoms with E-state index in [1.807, 2.05) is 50.2 Å². The summed E-state index contributed by atoms with van der Waals surface area (Å²) in [7, 11) is 0. The van der Waals surface area contributed by atoms with Crippen LogP contribution in [0, 0.1) is 13.8 Å². The zero-order valence-electron chi connectivity index (χ0n) is 16.0. The van der Waals surface area contributed by atoms with Gasteiger partial charge in [0.15, 0.2) is 0 Å². The van der Waals surface area contributed by atoms with E-state index in [1.54, 1.807) is 17.1 Å². The molecule has 0 bridgehead atoms. The van der Waals surface area contributed by atoms with Crippen molar-refractivity contribution in [3.63, 3.8) is 0 Å². The fourth-order valence-corrected chi connectivity index (χ4v) is 2.67. The highest BCUT2D eigenvalue weighted by Gasteiger charge is 2.09. The highest BCUT2D eigenvalue weighted by atomic mass is 16.2. The number of aromatic nitrogens is 3. The lowest BCUT2D eigenvalue weighted by Crippen LogP contribution is -2.36. The maximum Gasteiger partial charge on any atom is 0.251 e. The molecule has 1 aromatic heterocycles. The van der Waals surface area contributed by atoms with E-state index in [1.165, 1.54) is 6.33 Å². The van der Waals surface area contributed by atoms with Gasteiger partial charge in [-0.15, -0.1) is 0 Å². The highest BCUT2D eigenvalue weighted by molar-refractivity contribution is 5.96. The molecule has 2 aromatic carbocycles. The summed E-state index contributed by atoms with van der Waals surface area (Å²) >= 11 is 0. The fourth-order valence-electron chi connectivity index (χ4n) is 2.67. The number of carbonyl (C=O) groups is 2. The number of carbonyl (C=O) groups excluding carboxylic acids is 2. The molecule has 0 aliphatic heterocycles. The van der Waals surface area contributed by atoms with Crippen molar-refractivity contribution in [3.8, 4) is 0 Å². The van der Waals surface area contributed by atoms with Gasteiger partial charge in [-0.2, -0.15) is 5.10 Å². The van der Waals surface area contributed by atoms with Gasteiger partial charge < -0.3 is 10.6 Å². The highest BCUT2D eigenvalue weighted by Crippen LogP contribution is 2.09. The molecule has 3 rings (SSSR count). The Morgan fingerprint density at radius 1 is 0.964 bits per heavy atom. The van der Waals surface area contributed by atoms with Gasteiger partial charge in [0.1, 0.15) is 12.7 Å². The molecule has 7 heteroatoms. The predicted molar refractivity (Wildman–Crippen MR) is 106 cm³/mol. The monoisotopic (exact) mass is 377 g/mol. The van der Waals surface area contributed by atoms with Gasteiger partial charge in [0, 0.05) is 12.1 Å². The second-order valence-electron chi connectivity index (χ2n) is 6.67. The molecular weight excluding hydrogens is 354 g/mol. The van der Waals surface area contributed by atoms with Crippen LogP contribution in [0.2, 0.25) is 0 Å². The Bertz CT molecular complexity index is 949. The standard InChI is InChI=1S/C21H23N5O2/c1-15-3-8-19(9-16(15)2)21(28)24-11-20(27)23-10-17-4-6-18(7-5-17)12-26-14-22-13-25-26/h3-9,13-14H,10-12H2,1-2H3,(H,23,27)(H,24,28). The average Bonchev–Trinajstić information content (AvgIpc) is 3.20. The number of benzene rings is 2. The Morgan fingerprint density at radius 3 is 2.39 bits per heavy atom. The van der Waals surface area contributed by atoms with Gasteiger partial charge in [0.25, 0.3) is 5.91 Å². The zero-order valence-corrected chi connectivity index (χ0v) is 16.0. The van der Waals surface area contributed by atoms with Gasteiger partial charge in [0.2, 0.25) is 5.91 Å². The molecule has 0 aliphatic rings. The molecule has 0 saturated heterocycles. The lowest BCUT2D eigenvalue weighted by atomic mass is 10.1. The Hall–Kier alpha value is -3.48. The summed E-state index contributed by atoms with van der Waals surface area (Å²) < 4.78 is 1.75. The number of nitrogens with one attached hydrogen (secondary N) is 2. The Kier molecular flexibility index (Phi) is 6.16. The fraction of sp³-hybridized carbons (Fsp3) is 0.238. The second-order valence-corrected chi connectivity index (χ2v) is 6.67. The maximum absolute atomic E-state index is 12.2. The number of rotatable bonds is 7. The van der Waals surface area contributed by atoms with Crippen molar-refractivity contribution in [1.82, 2.24) is 25.4 Å². The van der Waals surface area contributed by atoms with E-state index < -0.39 is 0 Å². The first-order valence-corrected chi connectivity index (χ1v) is 9.03. The van der Waals surface area contributed by atoms with Crippen molar-refractivity contribution in [2.24, 2.45) is 0 Å². The Morgan fingerprint density at radius 2 is 1.71 bits per heavy atom. The maximum atomic E-state index is 12.2. The summed E-state index contributed by atoms with van der Waals surface area (Å²) in [4.78, 5) is 28.1. The van der Waals surface area contributed by atoms with Crippen LogP contribution in [0.5, 0.6) is 0 Å². The van der Waals surface area contributed by atoms with Crippen molar-refractivity contribution < 1.29 is 9.59 Å². The van der Waals surface area contributed by atoms with Gasteiger partial charge in [-0.1, -0.05) is 30.3 Å². The minimum Gasteiger partial charge on any atom is -0.350 e. The SMILES string of the molecule is Cc1ccc(C(=O)NCC(=O)NCc2ccc(Cn3cncn3)cc2)cc1C. The molecule has 2 amide bonds. The molecule has 0 atom stereocenters. The molecular formula is C21H23N5O2. The molecule has 0 aliphatic carbocycles. The van der Waals surface area contributed by atoms with Crippen molar-refractivity contribution in [1.29, 1.82) is 0 Å². The predicted octanol–water partition coefficient (Wildman–Crippen LogP) is 1.99. The average molecular weight is 377 g/mol. The van der Waals surface area contributed by atoms with E-state index >= 15 is 0 Å². The molecule has 0 fully saturated rings. The molecule has 7 nitrogen and oxygen atoms in total. The quantitative estimate of drug-likeness (QED) is 0.659. The van der Waals surface area contributed by atoms with Crippen LogP contribution in [-0.2, 0) is 17.9 Å². The topological polar surface area (TPSA) is 88.9 Å². The smallest absolute Gasteiger partial charge is 0.251 e. The molecule has 3 aromatic rings. The summed E-state index contributed by atoms with van der Waals surface area (Å²) in [5, 5.41) is 9.53. The van der Waals surface area contributed by atoms with E-state index in [9.17, 15) is 9.59 Å². The van der Waals surface area contributed by atoms with Crippen LogP contribution in [0.1, 0.15) is 32.6 Å². The first-order chi connectivity index (χ1) is 13.5. The van der Waals surface area contributed by atoms with E-state index in [0.717, 1.165) is 22.3 Å². The van der Waals surface area contributed by atoms with E-state index in [-0.39, 0.29) is 18.4 Å². The number of hydrogen-bond donors (Lipinski definition) is 2. The number of nitrogens with zero attached hydrogens (tertiary/aromatic N) is 3. The van der Waals surface area contributed by atoms with Crippen molar-refractivity contribution >= 4 is 11.8 Å². The number of hydrogen-bond acceptors (Lipinski definition) is 4. The molecule has 2 N–H and O–H groups in total. The summed E-state index contributed by atoms with van der Waals surface area (Å²) in [5.74, 6) is -0.486. The molecule has 0 saturated carbocycles.